The number of nitrogens with one attached hydrogen (secondary N) is 1. The molecule has 0 aliphatic carbocycles. The van der Waals surface area contributed by atoms with Crippen LogP contribution in [0.2, 0.25) is 0 Å². The molecule has 0 saturated carbocycles. The van der Waals surface area contributed by atoms with Crippen molar-refractivity contribution in [2.75, 3.05) is 0 Å². The molecule has 1 atom stereocenters. The van der Waals surface area contributed by atoms with Gasteiger partial charge in [-0.25, -0.2) is 0 Å². The Bertz CT molecular complexity index is 946. The first kappa shape index (κ1) is 16.7. The number of hydrogen-bond donors (Lipinski definition) is 1. The summed E-state index contributed by atoms with van der Waals surface area (Å²) < 4.78 is 0. The number of carbonyl (C=O) groups excluding carboxylic acids is 1. The van der Waals surface area contributed by atoms with Crippen LogP contribution in [0.4, 0.5) is 5.69 Å². The number of fused-ring (bicyclic) bond motifs is 1. The van der Waals surface area contributed by atoms with Gasteiger partial charge in [-0.15, -0.1) is 0 Å². The number of carbonyl (C=O) groups is 1. The van der Waals surface area contributed by atoms with Crippen molar-refractivity contribution >= 4 is 22.6 Å². The number of nitro benzene ring substituents is 1. The number of aromatic nitrogens is 1. The van der Waals surface area contributed by atoms with Crippen LogP contribution in [0.15, 0.2) is 48.7 Å². The molecule has 3 rings (SSSR count). The molecule has 6 nitrogen and oxygen atoms in total. The Kier molecular flexibility index (Phi) is 4.52. The maximum absolute atomic E-state index is 11.4. The average Bonchev–Trinajstić information content (AvgIpc) is 3.03. The average molecular weight is 337 g/mol. The summed E-state index contributed by atoms with van der Waals surface area (Å²) in [6.45, 7) is 2.04. The van der Waals surface area contributed by atoms with Crippen LogP contribution in [-0.2, 0) is 11.2 Å². The van der Waals surface area contributed by atoms with Crippen LogP contribution in [0.1, 0.15) is 36.0 Å². The summed E-state index contributed by atoms with van der Waals surface area (Å²) in [5, 5.41) is 23.6. The van der Waals surface area contributed by atoms with Crippen molar-refractivity contribution in [3.05, 3.63) is 75.5 Å². The molecule has 0 aliphatic rings. The van der Waals surface area contributed by atoms with E-state index < -0.39 is 16.8 Å². The van der Waals surface area contributed by atoms with Gasteiger partial charge in [0.25, 0.3) is 5.69 Å². The van der Waals surface area contributed by atoms with Gasteiger partial charge in [0.05, 0.1) is 4.92 Å². The highest BCUT2D eigenvalue weighted by atomic mass is 16.6. The van der Waals surface area contributed by atoms with Crippen molar-refractivity contribution in [3.63, 3.8) is 0 Å². The third kappa shape index (κ3) is 3.10. The van der Waals surface area contributed by atoms with E-state index in [1.54, 1.807) is 24.4 Å². The zero-order chi connectivity index (χ0) is 18.0. The molecule has 0 spiro atoms. The van der Waals surface area contributed by atoms with Gasteiger partial charge in [0, 0.05) is 40.6 Å². The summed E-state index contributed by atoms with van der Waals surface area (Å²) in [5.41, 5.74) is 3.05. The van der Waals surface area contributed by atoms with E-state index in [4.69, 9.17) is 0 Å². The van der Waals surface area contributed by atoms with Gasteiger partial charge in [0.15, 0.2) is 0 Å². The molecule has 1 N–H and O–H groups in total. The molecule has 2 aromatic carbocycles. The highest BCUT2D eigenvalue weighted by Crippen LogP contribution is 2.38. The molecule has 0 aliphatic heterocycles. The Morgan fingerprint density at radius 2 is 1.92 bits per heavy atom. The number of nitro groups is 1. The Labute approximate surface area is 144 Å². The number of aryl methyl sites for hydroxylation is 1. The van der Waals surface area contributed by atoms with E-state index in [-0.39, 0.29) is 12.1 Å². The first-order chi connectivity index (χ1) is 12.0. The summed E-state index contributed by atoms with van der Waals surface area (Å²) >= 11 is 0. The van der Waals surface area contributed by atoms with Crippen molar-refractivity contribution in [3.8, 4) is 0 Å². The number of carboxylic acids is 1. The number of benzene rings is 2. The number of para-hydroxylation sites is 2. The van der Waals surface area contributed by atoms with Gasteiger partial charge in [-0.2, -0.15) is 0 Å². The number of nitrogens with zero attached hydrogens (tertiary/aromatic N) is 1. The van der Waals surface area contributed by atoms with E-state index in [9.17, 15) is 20.0 Å². The molecule has 0 fully saturated rings. The van der Waals surface area contributed by atoms with Crippen LogP contribution in [-0.4, -0.2) is 15.9 Å². The van der Waals surface area contributed by atoms with Crippen molar-refractivity contribution in [1.82, 2.24) is 4.98 Å². The van der Waals surface area contributed by atoms with Gasteiger partial charge in [0.1, 0.15) is 0 Å². The molecule has 0 unspecified atom stereocenters. The predicted octanol–water partition coefficient (Wildman–Crippen LogP) is 2.91. The minimum absolute atomic E-state index is 0.0882. The van der Waals surface area contributed by atoms with Crippen molar-refractivity contribution in [1.29, 1.82) is 0 Å². The van der Waals surface area contributed by atoms with Crippen LogP contribution in [0.25, 0.3) is 10.9 Å². The molecule has 1 heterocycles. The zero-order valence-corrected chi connectivity index (χ0v) is 13.7. The largest absolute Gasteiger partial charge is 0.550 e. The van der Waals surface area contributed by atoms with E-state index in [1.165, 1.54) is 6.07 Å². The number of rotatable bonds is 6. The third-order valence-electron chi connectivity index (χ3n) is 4.47. The Hall–Kier alpha value is -3.15. The van der Waals surface area contributed by atoms with Crippen LogP contribution in [0, 0.1) is 10.1 Å². The van der Waals surface area contributed by atoms with Crippen LogP contribution in [0.5, 0.6) is 0 Å². The SMILES string of the molecule is CCc1cccc2c([C@@H](CC(=O)[O-])c3ccccc3[N+](=O)[O-])c[nH]c12. The maximum atomic E-state index is 11.4. The molecule has 0 radical (unpaired) electrons. The fourth-order valence-electron chi connectivity index (χ4n) is 3.32. The van der Waals surface area contributed by atoms with Gasteiger partial charge in [0.2, 0.25) is 0 Å². The number of hydrogen-bond acceptors (Lipinski definition) is 4. The fraction of sp³-hybridized carbons (Fsp3) is 0.211. The smallest absolute Gasteiger partial charge is 0.273 e. The van der Waals surface area contributed by atoms with Crippen molar-refractivity contribution in [2.45, 2.75) is 25.7 Å². The van der Waals surface area contributed by atoms with E-state index in [2.05, 4.69) is 4.98 Å². The molecule has 128 valence electrons. The Balaban J connectivity index is 2.22. The second-order valence-corrected chi connectivity index (χ2v) is 5.88. The maximum Gasteiger partial charge on any atom is 0.273 e. The standard InChI is InChI=1S/C19H18N2O4/c1-2-12-6-5-8-14-16(11-20-19(12)14)15(10-18(22)23)13-7-3-4-9-17(13)21(24)25/h3-9,11,15,20H,2,10H2,1H3,(H,22,23)/p-1/t15-/m0/s1. The summed E-state index contributed by atoms with van der Waals surface area (Å²) in [7, 11) is 0. The minimum Gasteiger partial charge on any atom is -0.550 e. The lowest BCUT2D eigenvalue weighted by molar-refractivity contribution is -0.385. The molecule has 0 amide bonds. The fourth-order valence-corrected chi connectivity index (χ4v) is 3.32. The summed E-state index contributed by atoms with van der Waals surface area (Å²) in [6, 6.07) is 12.1. The predicted molar refractivity (Wildman–Crippen MR) is 92.2 cm³/mol. The van der Waals surface area contributed by atoms with Crippen LogP contribution in [0.3, 0.4) is 0 Å². The molecule has 1 aromatic heterocycles. The Morgan fingerprint density at radius 3 is 2.60 bits per heavy atom. The Morgan fingerprint density at radius 1 is 1.16 bits per heavy atom. The van der Waals surface area contributed by atoms with Crippen molar-refractivity contribution in [2.24, 2.45) is 0 Å². The van der Waals surface area contributed by atoms with E-state index >= 15 is 0 Å². The van der Waals surface area contributed by atoms with E-state index in [1.807, 2.05) is 25.1 Å². The number of H-pyrrole nitrogens is 1. The molecule has 0 bridgehead atoms. The molecular weight excluding hydrogens is 320 g/mol. The first-order valence-corrected chi connectivity index (χ1v) is 8.05. The second kappa shape index (κ2) is 6.76. The highest BCUT2D eigenvalue weighted by Gasteiger charge is 2.25. The first-order valence-electron chi connectivity index (χ1n) is 8.05. The van der Waals surface area contributed by atoms with E-state index in [0.29, 0.717) is 5.56 Å². The lowest BCUT2D eigenvalue weighted by atomic mass is 9.87. The van der Waals surface area contributed by atoms with Gasteiger partial charge in [-0.1, -0.05) is 43.3 Å². The van der Waals surface area contributed by atoms with Gasteiger partial charge < -0.3 is 14.9 Å². The number of carboxylic acid groups (broad SMARTS) is 1. The van der Waals surface area contributed by atoms with E-state index in [0.717, 1.165) is 28.5 Å². The molecule has 0 saturated heterocycles. The van der Waals surface area contributed by atoms with Crippen LogP contribution < -0.4 is 5.11 Å². The topological polar surface area (TPSA) is 99.1 Å². The van der Waals surface area contributed by atoms with Crippen LogP contribution >= 0.6 is 0 Å². The van der Waals surface area contributed by atoms with Crippen molar-refractivity contribution < 1.29 is 14.8 Å². The van der Waals surface area contributed by atoms with Gasteiger partial charge in [-0.05, 0) is 24.0 Å². The van der Waals surface area contributed by atoms with Gasteiger partial charge >= 0.3 is 0 Å². The minimum atomic E-state index is -1.25. The molecule has 6 heteroatoms. The summed E-state index contributed by atoms with van der Waals surface area (Å²) in [5.74, 6) is -1.91. The molecular formula is C19H17N2O4-. The van der Waals surface area contributed by atoms with Gasteiger partial charge in [-0.3, -0.25) is 10.1 Å². The lowest BCUT2D eigenvalue weighted by Crippen LogP contribution is -2.25. The summed E-state index contributed by atoms with van der Waals surface area (Å²) in [4.78, 5) is 25.4. The second-order valence-electron chi connectivity index (χ2n) is 5.88. The molecule has 3 aromatic rings. The third-order valence-corrected chi connectivity index (χ3v) is 4.47. The number of aromatic amines is 1. The quantitative estimate of drug-likeness (QED) is 0.552. The number of aliphatic carboxylic acids is 1. The zero-order valence-electron chi connectivity index (χ0n) is 13.7. The highest BCUT2D eigenvalue weighted by molar-refractivity contribution is 5.88. The summed E-state index contributed by atoms with van der Waals surface area (Å²) in [6.07, 6.45) is 2.25. The monoisotopic (exact) mass is 337 g/mol. The normalized spacial score (nSPS) is 12.2. The molecule has 25 heavy (non-hydrogen) atoms. The lowest BCUT2D eigenvalue weighted by Gasteiger charge is -2.18.